The molecule has 2 aromatic rings. The summed E-state index contributed by atoms with van der Waals surface area (Å²) in [5, 5.41) is 23.0. The summed E-state index contributed by atoms with van der Waals surface area (Å²) in [5.41, 5.74) is 1.56. The molecule has 3 N–H and O–H groups in total. The van der Waals surface area contributed by atoms with Gasteiger partial charge in [0.2, 0.25) is 5.95 Å². The summed E-state index contributed by atoms with van der Waals surface area (Å²) in [4.78, 5) is 30.7. The van der Waals surface area contributed by atoms with Crippen LogP contribution in [0.15, 0.2) is 29.6 Å². The van der Waals surface area contributed by atoms with E-state index in [1.807, 2.05) is 0 Å². The third-order valence-corrected chi connectivity index (χ3v) is 5.24. The van der Waals surface area contributed by atoms with Gasteiger partial charge in [-0.15, -0.1) is 0 Å². The van der Waals surface area contributed by atoms with Crippen LogP contribution in [0.5, 0.6) is 0 Å². The second kappa shape index (κ2) is 7.80. The molecule has 0 unspecified atom stereocenters. The van der Waals surface area contributed by atoms with Crippen LogP contribution in [0, 0.1) is 5.95 Å². The van der Waals surface area contributed by atoms with Crippen LogP contribution in [0.2, 0.25) is 0 Å². The summed E-state index contributed by atoms with van der Waals surface area (Å²) in [6.45, 7) is 0.273. The van der Waals surface area contributed by atoms with Gasteiger partial charge in [0.15, 0.2) is 0 Å². The number of carbonyl (C=O) groups is 1. The minimum absolute atomic E-state index is 0.0385. The number of hydrogen-bond acceptors (Lipinski definition) is 8. The molecule has 1 amide bonds. The number of likely N-dealkylation sites (N-methyl/N-ethyl adjacent to an activating group) is 1. The number of aliphatic imine (C=N–C) groups is 1. The fourth-order valence-electron chi connectivity index (χ4n) is 3.65. The number of pyridine rings is 1. The van der Waals surface area contributed by atoms with Crippen LogP contribution in [0.3, 0.4) is 0 Å². The van der Waals surface area contributed by atoms with Crippen molar-refractivity contribution >= 4 is 17.4 Å². The molecular weight excluding hydrogens is 379 g/mol. The Balaban J connectivity index is 1.56. The van der Waals surface area contributed by atoms with Gasteiger partial charge < -0.3 is 20.4 Å². The van der Waals surface area contributed by atoms with Crippen molar-refractivity contribution in [3.05, 3.63) is 47.4 Å². The number of fused-ring (bicyclic) bond motifs is 1. The highest BCUT2D eigenvalue weighted by Crippen LogP contribution is 2.28. The summed E-state index contributed by atoms with van der Waals surface area (Å²) in [6, 6.07) is 2.79. The highest BCUT2D eigenvalue weighted by Gasteiger charge is 2.36. The van der Waals surface area contributed by atoms with Crippen LogP contribution in [-0.4, -0.2) is 67.0 Å². The second-order valence-corrected chi connectivity index (χ2v) is 7.21. The van der Waals surface area contributed by atoms with E-state index >= 15 is 0 Å². The van der Waals surface area contributed by atoms with E-state index in [0.29, 0.717) is 35.5 Å². The number of hydrogen-bond donors (Lipinski definition) is 3. The quantitative estimate of drug-likeness (QED) is 0.616. The van der Waals surface area contributed by atoms with Gasteiger partial charge in [0, 0.05) is 18.8 Å². The summed E-state index contributed by atoms with van der Waals surface area (Å²) in [5.74, 6) is -0.629. The maximum atomic E-state index is 13.8. The van der Waals surface area contributed by atoms with Crippen molar-refractivity contribution in [2.75, 3.05) is 12.4 Å². The van der Waals surface area contributed by atoms with E-state index in [4.69, 9.17) is 0 Å². The Kier molecular flexibility index (Phi) is 5.20. The highest BCUT2D eigenvalue weighted by atomic mass is 19.1. The number of amides is 1. The predicted molar refractivity (Wildman–Crippen MR) is 102 cm³/mol. The van der Waals surface area contributed by atoms with E-state index in [2.05, 4.69) is 25.3 Å². The lowest BCUT2D eigenvalue weighted by atomic mass is 10.1. The van der Waals surface area contributed by atoms with Crippen LogP contribution >= 0.6 is 0 Å². The Labute approximate surface area is 166 Å². The first-order valence-corrected chi connectivity index (χ1v) is 9.32. The van der Waals surface area contributed by atoms with E-state index in [-0.39, 0.29) is 24.8 Å². The molecule has 0 saturated heterocycles. The van der Waals surface area contributed by atoms with Crippen LogP contribution < -0.4 is 5.32 Å². The van der Waals surface area contributed by atoms with Gasteiger partial charge in [0.25, 0.3) is 5.91 Å². The monoisotopic (exact) mass is 400 g/mol. The molecule has 2 aliphatic rings. The van der Waals surface area contributed by atoms with Crippen molar-refractivity contribution < 1.29 is 19.4 Å². The number of nitrogens with zero attached hydrogens (tertiary/aromatic N) is 5. The lowest BCUT2D eigenvalue weighted by Crippen LogP contribution is -2.36. The number of anilines is 1. The van der Waals surface area contributed by atoms with Gasteiger partial charge in [-0.25, -0.2) is 15.0 Å². The molecule has 1 fully saturated rings. The van der Waals surface area contributed by atoms with Gasteiger partial charge in [-0.05, 0) is 18.9 Å². The van der Waals surface area contributed by atoms with Gasteiger partial charge in [-0.2, -0.15) is 4.39 Å². The average molecular weight is 400 g/mol. The lowest BCUT2D eigenvalue weighted by Gasteiger charge is -2.21. The van der Waals surface area contributed by atoms with Gasteiger partial charge in [-0.1, -0.05) is 6.07 Å². The molecule has 1 aliphatic heterocycles. The zero-order valence-corrected chi connectivity index (χ0v) is 15.8. The fraction of sp³-hybridized carbons (Fsp3) is 0.421. The van der Waals surface area contributed by atoms with Crippen molar-refractivity contribution in [3.8, 4) is 0 Å². The maximum absolute atomic E-state index is 13.8. The molecule has 3 heterocycles. The van der Waals surface area contributed by atoms with Crippen molar-refractivity contribution in [2.45, 2.75) is 44.2 Å². The molecule has 152 valence electrons. The summed E-state index contributed by atoms with van der Waals surface area (Å²) >= 11 is 0. The zero-order chi connectivity index (χ0) is 20.5. The smallest absolute Gasteiger partial charge is 0.272 e. The van der Waals surface area contributed by atoms with E-state index in [9.17, 15) is 19.4 Å². The van der Waals surface area contributed by atoms with Crippen LogP contribution in [-0.2, 0) is 17.9 Å². The number of aliphatic hydroxyl groups excluding tert-OH is 2. The lowest BCUT2D eigenvalue weighted by molar-refractivity contribution is -0.123. The third-order valence-electron chi connectivity index (χ3n) is 5.24. The first-order chi connectivity index (χ1) is 14.0. The highest BCUT2D eigenvalue weighted by molar-refractivity contribution is 6.47. The Morgan fingerprint density at radius 1 is 1.31 bits per heavy atom. The van der Waals surface area contributed by atoms with E-state index in [1.54, 1.807) is 19.2 Å². The largest absolute Gasteiger partial charge is 0.390 e. The molecule has 0 bridgehead atoms. The normalized spacial score (nSPS) is 22.9. The molecule has 4 rings (SSSR count). The fourth-order valence-corrected chi connectivity index (χ4v) is 3.65. The van der Waals surface area contributed by atoms with Gasteiger partial charge in [-0.3, -0.25) is 9.79 Å². The molecule has 9 nitrogen and oxygen atoms in total. The van der Waals surface area contributed by atoms with Gasteiger partial charge in [0.1, 0.15) is 17.9 Å². The molecule has 1 saturated carbocycles. The standard InChI is InChI=1S/C19H21FN6O3/c1-26(8-10-3-2-6-21-17(10)20)19(29)15-14-12(7-22-15)23-9-24-18(14)25-11-4-5-13(27)16(11)28/h2-3,6,9,11,13,16,27-28H,4-5,7-8H2,1H3,(H,23,24,25)/t11-,13-,16+/m1/s1. The SMILES string of the molecule is CN(Cc1cccnc1F)C(=O)C1=NCc2ncnc(N[C@@H]3CC[C@@H](O)[C@H]3O)c21. The van der Waals surface area contributed by atoms with Crippen molar-refractivity contribution in [1.82, 2.24) is 19.9 Å². The van der Waals surface area contributed by atoms with Crippen LogP contribution in [0.25, 0.3) is 0 Å². The van der Waals surface area contributed by atoms with Crippen LogP contribution in [0.4, 0.5) is 10.2 Å². The molecule has 29 heavy (non-hydrogen) atoms. The molecule has 2 aromatic heterocycles. The van der Waals surface area contributed by atoms with E-state index in [1.165, 1.54) is 17.4 Å². The molecule has 3 atom stereocenters. The minimum Gasteiger partial charge on any atom is -0.390 e. The first-order valence-electron chi connectivity index (χ1n) is 9.32. The Bertz CT molecular complexity index is 969. The first kappa shape index (κ1) is 19.3. The number of nitrogens with one attached hydrogen (secondary N) is 1. The summed E-state index contributed by atoms with van der Waals surface area (Å²) in [7, 11) is 1.56. The van der Waals surface area contributed by atoms with Crippen molar-refractivity contribution in [2.24, 2.45) is 4.99 Å². The zero-order valence-electron chi connectivity index (χ0n) is 15.8. The average Bonchev–Trinajstić information content (AvgIpc) is 3.28. The third kappa shape index (κ3) is 3.68. The molecule has 0 radical (unpaired) electrons. The molecule has 1 aliphatic carbocycles. The molecular formula is C19H21FN6O3. The molecule has 10 heteroatoms. The van der Waals surface area contributed by atoms with Gasteiger partial charge in [0.05, 0.1) is 42.6 Å². The Morgan fingerprint density at radius 2 is 2.14 bits per heavy atom. The summed E-state index contributed by atoms with van der Waals surface area (Å²) < 4.78 is 13.8. The van der Waals surface area contributed by atoms with Crippen molar-refractivity contribution in [3.63, 3.8) is 0 Å². The van der Waals surface area contributed by atoms with Crippen molar-refractivity contribution in [1.29, 1.82) is 0 Å². The summed E-state index contributed by atoms with van der Waals surface area (Å²) in [6.07, 6.45) is 2.05. The number of carbonyl (C=O) groups excluding carboxylic acids is 1. The number of rotatable bonds is 5. The minimum atomic E-state index is -0.922. The topological polar surface area (TPSA) is 124 Å². The maximum Gasteiger partial charge on any atom is 0.272 e. The number of halogens is 1. The predicted octanol–water partition coefficient (Wildman–Crippen LogP) is 0.268. The Hall–Kier alpha value is -2.98. The van der Waals surface area contributed by atoms with Gasteiger partial charge >= 0.3 is 0 Å². The molecule has 0 spiro atoms. The number of aromatic nitrogens is 3. The number of aliphatic hydroxyl groups is 2. The van der Waals surface area contributed by atoms with E-state index in [0.717, 1.165) is 0 Å². The van der Waals surface area contributed by atoms with Crippen LogP contribution in [0.1, 0.15) is 29.7 Å². The molecule has 0 aromatic carbocycles. The second-order valence-electron chi connectivity index (χ2n) is 7.21. The Morgan fingerprint density at radius 3 is 2.86 bits per heavy atom. The van der Waals surface area contributed by atoms with E-state index < -0.39 is 24.1 Å².